The van der Waals surface area contributed by atoms with Crippen molar-refractivity contribution in [1.82, 2.24) is 14.7 Å². The van der Waals surface area contributed by atoms with Gasteiger partial charge in [-0.15, -0.1) is 0 Å². The van der Waals surface area contributed by atoms with E-state index in [0.29, 0.717) is 17.9 Å². The molecule has 0 radical (unpaired) electrons. The van der Waals surface area contributed by atoms with Crippen LogP contribution in [0.3, 0.4) is 0 Å². The van der Waals surface area contributed by atoms with E-state index >= 15 is 0 Å². The van der Waals surface area contributed by atoms with E-state index < -0.39 is 12.0 Å². The van der Waals surface area contributed by atoms with Gasteiger partial charge in [0.1, 0.15) is 6.04 Å². The number of carbonyl (C=O) groups is 2. The predicted octanol–water partition coefficient (Wildman–Crippen LogP) is -0.161. The van der Waals surface area contributed by atoms with Crippen LogP contribution in [-0.2, 0) is 16.6 Å². The second-order valence-electron chi connectivity index (χ2n) is 4.78. The highest BCUT2D eigenvalue weighted by Crippen LogP contribution is 2.22. The van der Waals surface area contributed by atoms with Crippen molar-refractivity contribution < 1.29 is 14.7 Å². The standard InChI is InChI=1S/C12H18N4O3S/c1-15-6-8(5-14-15)11(13)12(19)16-2-3-20-7-9(16)4-10(17)18/h5-6,9,11H,2-4,7,13H2,1H3,(H,17,18). The highest BCUT2D eigenvalue weighted by Gasteiger charge is 2.32. The van der Waals surface area contributed by atoms with E-state index in [-0.39, 0.29) is 18.4 Å². The molecule has 3 N–H and O–H groups in total. The maximum atomic E-state index is 12.5. The Morgan fingerprint density at radius 3 is 3.00 bits per heavy atom. The van der Waals surface area contributed by atoms with Gasteiger partial charge in [-0.1, -0.05) is 0 Å². The van der Waals surface area contributed by atoms with Crippen LogP contribution in [0.15, 0.2) is 12.4 Å². The molecule has 8 heteroatoms. The van der Waals surface area contributed by atoms with Gasteiger partial charge in [-0.3, -0.25) is 14.3 Å². The maximum absolute atomic E-state index is 12.5. The molecule has 2 heterocycles. The van der Waals surface area contributed by atoms with Crippen molar-refractivity contribution >= 4 is 23.6 Å². The van der Waals surface area contributed by atoms with Crippen molar-refractivity contribution in [3.05, 3.63) is 18.0 Å². The highest BCUT2D eigenvalue weighted by atomic mass is 32.2. The molecule has 2 unspecified atom stereocenters. The van der Waals surface area contributed by atoms with Crippen LogP contribution in [0.2, 0.25) is 0 Å². The van der Waals surface area contributed by atoms with Crippen LogP contribution in [0.1, 0.15) is 18.0 Å². The summed E-state index contributed by atoms with van der Waals surface area (Å²) >= 11 is 1.66. The zero-order chi connectivity index (χ0) is 14.7. The van der Waals surface area contributed by atoms with Crippen LogP contribution in [0.5, 0.6) is 0 Å². The minimum atomic E-state index is -0.898. The van der Waals surface area contributed by atoms with E-state index in [1.807, 2.05) is 0 Å². The third kappa shape index (κ3) is 3.31. The van der Waals surface area contributed by atoms with E-state index in [2.05, 4.69) is 5.10 Å². The molecule has 0 aliphatic carbocycles. The number of amides is 1. The van der Waals surface area contributed by atoms with Crippen molar-refractivity contribution in [2.24, 2.45) is 12.8 Å². The Kier molecular flexibility index (Phi) is 4.66. The molecule has 0 spiro atoms. The van der Waals surface area contributed by atoms with E-state index in [1.165, 1.54) is 0 Å². The smallest absolute Gasteiger partial charge is 0.305 e. The Morgan fingerprint density at radius 2 is 2.40 bits per heavy atom. The molecule has 20 heavy (non-hydrogen) atoms. The number of aromatic nitrogens is 2. The molecule has 1 amide bonds. The molecular weight excluding hydrogens is 280 g/mol. The van der Waals surface area contributed by atoms with Crippen LogP contribution in [0.4, 0.5) is 0 Å². The molecule has 1 aliphatic rings. The van der Waals surface area contributed by atoms with Crippen molar-refractivity contribution in [2.45, 2.75) is 18.5 Å². The molecule has 1 aliphatic heterocycles. The van der Waals surface area contributed by atoms with Crippen molar-refractivity contribution in [1.29, 1.82) is 0 Å². The number of carboxylic acids is 1. The number of aliphatic carboxylic acids is 1. The second-order valence-corrected chi connectivity index (χ2v) is 5.93. The van der Waals surface area contributed by atoms with Crippen LogP contribution >= 0.6 is 11.8 Å². The van der Waals surface area contributed by atoms with Gasteiger partial charge in [0.2, 0.25) is 5.91 Å². The van der Waals surface area contributed by atoms with Crippen LogP contribution in [0.25, 0.3) is 0 Å². The molecule has 7 nitrogen and oxygen atoms in total. The molecule has 0 bridgehead atoms. The first kappa shape index (κ1) is 14.9. The molecule has 2 atom stereocenters. The largest absolute Gasteiger partial charge is 0.481 e. The lowest BCUT2D eigenvalue weighted by atomic mass is 10.1. The minimum absolute atomic E-state index is 0.0432. The quantitative estimate of drug-likeness (QED) is 0.801. The third-order valence-electron chi connectivity index (χ3n) is 3.27. The maximum Gasteiger partial charge on any atom is 0.305 e. The molecule has 2 rings (SSSR count). The SMILES string of the molecule is Cn1cc(C(N)C(=O)N2CCSCC2CC(=O)O)cn1. The lowest BCUT2D eigenvalue weighted by Crippen LogP contribution is -2.50. The summed E-state index contributed by atoms with van der Waals surface area (Å²) in [7, 11) is 1.76. The lowest BCUT2D eigenvalue weighted by molar-refractivity contribution is -0.140. The van der Waals surface area contributed by atoms with Gasteiger partial charge in [-0.25, -0.2) is 0 Å². The summed E-state index contributed by atoms with van der Waals surface area (Å²) in [6.07, 6.45) is 3.22. The van der Waals surface area contributed by atoms with Gasteiger partial charge < -0.3 is 15.7 Å². The zero-order valence-corrected chi connectivity index (χ0v) is 12.0. The fourth-order valence-corrected chi connectivity index (χ4v) is 3.30. The van der Waals surface area contributed by atoms with Crippen LogP contribution in [-0.4, -0.2) is 55.8 Å². The molecule has 1 fully saturated rings. The Hall–Kier alpha value is -1.54. The summed E-state index contributed by atoms with van der Waals surface area (Å²) in [5.41, 5.74) is 6.62. The fourth-order valence-electron chi connectivity index (χ4n) is 2.24. The monoisotopic (exact) mass is 298 g/mol. The number of rotatable bonds is 4. The number of carbonyl (C=O) groups excluding carboxylic acids is 1. The number of carboxylic acid groups (broad SMARTS) is 1. The predicted molar refractivity (Wildman–Crippen MR) is 75.2 cm³/mol. The van der Waals surface area contributed by atoms with Gasteiger partial charge >= 0.3 is 5.97 Å². The molecule has 1 saturated heterocycles. The van der Waals surface area contributed by atoms with Crippen LogP contribution in [0, 0.1) is 0 Å². The zero-order valence-electron chi connectivity index (χ0n) is 11.2. The number of nitrogens with two attached hydrogens (primary N) is 1. The highest BCUT2D eigenvalue weighted by molar-refractivity contribution is 7.99. The van der Waals surface area contributed by atoms with Crippen molar-refractivity contribution in [3.8, 4) is 0 Å². The summed E-state index contributed by atoms with van der Waals surface area (Å²) in [4.78, 5) is 24.9. The first-order chi connectivity index (χ1) is 9.49. The summed E-state index contributed by atoms with van der Waals surface area (Å²) in [6, 6.07) is -1.08. The first-order valence-corrected chi connectivity index (χ1v) is 7.48. The van der Waals surface area contributed by atoms with Crippen molar-refractivity contribution in [2.75, 3.05) is 18.1 Å². The Morgan fingerprint density at radius 1 is 1.65 bits per heavy atom. The normalized spacial score (nSPS) is 20.7. The number of thioether (sulfide) groups is 1. The molecule has 110 valence electrons. The molecule has 1 aromatic rings. The van der Waals surface area contributed by atoms with Crippen molar-refractivity contribution in [3.63, 3.8) is 0 Å². The molecule has 0 saturated carbocycles. The van der Waals surface area contributed by atoms with Gasteiger partial charge in [0.25, 0.3) is 0 Å². The van der Waals surface area contributed by atoms with Gasteiger partial charge in [-0.05, 0) is 0 Å². The Bertz CT molecular complexity index is 505. The Labute approximate surface area is 121 Å². The van der Waals surface area contributed by atoms with E-state index in [4.69, 9.17) is 10.8 Å². The number of nitrogens with zero attached hydrogens (tertiary/aromatic N) is 3. The molecule has 0 aromatic carbocycles. The van der Waals surface area contributed by atoms with Gasteiger partial charge in [0, 0.05) is 36.9 Å². The Balaban J connectivity index is 2.10. The average molecular weight is 298 g/mol. The van der Waals surface area contributed by atoms with E-state index in [1.54, 1.807) is 40.8 Å². The summed E-state index contributed by atoms with van der Waals surface area (Å²) in [5.74, 6) is 0.314. The number of hydrogen-bond acceptors (Lipinski definition) is 5. The average Bonchev–Trinajstić information content (AvgIpc) is 2.84. The van der Waals surface area contributed by atoms with E-state index in [9.17, 15) is 9.59 Å². The summed E-state index contributed by atoms with van der Waals surface area (Å²) in [5, 5.41) is 12.9. The number of hydrogen-bond donors (Lipinski definition) is 2. The summed E-state index contributed by atoms with van der Waals surface area (Å²) in [6.45, 7) is 0.537. The van der Waals surface area contributed by atoms with Crippen LogP contribution < -0.4 is 5.73 Å². The van der Waals surface area contributed by atoms with Gasteiger partial charge in [-0.2, -0.15) is 16.9 Å². The first-order valence-electron chi connectivity index (χ1n) is 6.33. The molecule has 1 aromatic heterocycles. The lowest BCUT2D eigenvalue weighted by Gasteiger charge is -2.36. The van der Waals surface area contributed by atoms with E-state index in [0.717, 1.165) is 5.75 Å². The third-order valence-corrected chi connectivity index (χ3v) is 4.36. The number of aryl methyl sites for hydroxylation is 1. The summed E-state index contributed by atoms with van der Waals surface area (Å²) < 4.78 is 1.59. The fraction of sp³-hybridized carbons (Fsp3) is 0.583. The topological polar surface area (TPSA) is 101 Å². The second kappa shape index (κ2) is 6.27. The van der Waals surface area contributed by atoms with Gasteiger partial charge in [0.15, 0.2) is 0 Å². The van der Waals surface area contributed by atoms with Gasteiger partial charge in [0.05, 0.1) is 18.7 Å². The minimum Gasteiger partial charge on any atom is -0.481 e. The molecular formula is C12H18N4O3S.